The van der Waals surface area contributed by atoms with Crippen molar-refractivity contribution in [1.29, 1.82) is 0 Å². The number of benzene rings is 1. The van der Waals surface area contributed by atoms with E-state index in [9.17, 15) is 9.59 Å². The van der Waals surface area contributed by atoms with Crippen LogP contribution in [0.25, 0.3) is 0 Å². The lowest BCUT2D eigenvalue weighted by Crippen LogP contribution is -2.15. The molecule has 24 heavy (non-hydrogen) atoms. The van der Waals surface area contributed by atoms with Gasteiger partial charge in [-0.25, -0.2) is 4.79 Å². The largest absolute Gasteiger partial charge is 0.462 e. The van der Waals surface area contributed by atoms with Crippen LogP contribution < -0.4 is 5.32 Å². The third kappa shape index (κ3) is 4.03. The van der Waals surface area contributed by atoms with Crippen molar-refractivity contribution in [3.8, 4) is 0 Å². The molecule has 0 saturated heterocycles. The zero-order valence-corrected chi connectivity index (χ0v) is 15.4. The molecule has 1 heterocycles. The van der Waals surface area contributed by atoms with Gasteiger partial charge >= 0.3 is 5.97 Å². The topological polar surface area (TPSA) is 55.4 Å². The smallest absolute Gasteiger partial charge is 0.341 e. The van der Waals surface area contributed by atoms with E-state index < -0.39 is 0 Å². The molecule has 0 bridgehead atoms. The number of esters is 1. The molecule has 0 aliphatic heterocycles. The Kier molecular flexibility index (Phi) is 6.15. The lowest BCUT2D eigenvalue weighted by Gasteiger charge is -2.08. The molecular formula is C19H23NO3S. The zero-order chi connectivity index (χ0) is 17.7. The van der Waals surface area contributed by atoms with Gasteiger partial charge < -0.3 is 10.1 Å². The molecule has 0 spiro atoms. The minimum atomic E-state index is -0.364. The number of hydrogen-bond donors (Lipinski definition) is 1. The summed E-state index contributed by atoms with van der Waals surface area (Å²) in [5.41, 5.74) is 3.10. The predicted molar refractivity (Wildman–Crippen MR) is 98.1 cm³/mol. The van der Waals surface area contributed by atoms with Crippen molar-refractivity contribution < 1.29 is 14.3 Å². The van der Waals surface area contributed by atoms with Crippen molar-refractivity contribution >= 4 is 28.2 Å². The lowest BCUT2D eigenvalue weighted by molar-refractivity contribution is 0.0505. The van der Waals surface area contributed by atoms with Gasteiger partial charge in [0.05, 0.1) is 12.2 Å². The fraction of sp³-hybridized carbons (Fsp3) is 0.368. The fourth-order valence-corrected chi connectivity index (χ4v) is 3.58. The predicted octanol–water partition coefficient (Wildman–Crippen LogP) is 4.75. The van der Waals surface area contributed by atoms with Crippen LogP contribution in [0.2, 0.25) is 0 Å². The van der Waals surface area contributed by atoms with E-state index in [0.717, 1.165) is 28.8 Å². The third-order valence-electron chi connectivity index (χ3n) is 3.74. The van der Waals surface area contributed by atoms with Crippen LogP contribution in [0.4, 0.5) is 5.00 Å². The van der Waals surface area contributed by atoms with Gasteiger partial charge in [0.25, 0.3) is 5.91 Å². The fourth-order valence-electron chi connectivity index (χ4n) is 2.46. The summed E-state index contributed by atoms with van der Waals surface area (Å²) in [5.74, 6) is -0.583. The highest BCUT2D eigenvalue weighted by atomic mass is 32.1. The maximum absolute atomic E-state index is 12.5. The van der Waals surface area contributed by atoms with Crippen molar-refractivity contribution in [2.24, 2.45) is 0 Å². The highest BCUT2D eigenvalue weighted by molar-refractivity contribution is 7.16. The summed E-state index contributed by atoms with van der Waals surface area (Å²) in [7, 11) is 0. The Bertz CT molecular complexity index is 732. The molecule has 0 unspecified atom stereocenters. The van der Waals surface area contributed by atoms with Gasteiger partial charge in [-0.2, -0.15) is 0 Å². The molecule has 1 aromatic heterocycles. The molecule has 4 nitrogen and oxygen atoms in total. The molecule has 128 valence electrons. The summed E-state index contributed by atoms with van der Waals surface area (Å²) < 4.78 is 5.29. The van der Waals surface area contributed by atoms with Crippen molar-refractivity contribution in [2.45, 2.75) is 40.5 Å². The maximum Gasteiger partial charge on any atom is 0.341 e. The van der Waals surface area contributed by atoms with Gasteiger partial charge in [0.2, 0.25) is 0 Å². The van der Waals surface area contributed by atoms with Gasteiger partial charge in [0, 0.05) is 10.4 Å². The molecule has 1 amide bonds. The van der Waals surface area contributed by atoms with Crippen LogP contribution in [-0.4, -0.2) is 18.5 Å². The summed E-state index contributed by atoms with van der Waals surface area (Å²) in [4.78, 5) is 25.9. The van der Waals surface area contributed by atoms with E-state index in [1.54, 1.807) is 12.1 Å². The highest BCUT2D eigenvalue weighted by Gasteiger charge is 2.23. The van der Waals surface area contributed by atoms with E-state index in [1.165, 1.54) is 11.3 Å². The van der Waals surface area contributed by atoms with Crippen molar-refractivity contribution in [3.05, 3.63) is 51.4 Å². The Balaban J connectivity index is 2.30. The van der Waals surface area contributed by atoms with Gasteiger partial charge in [-0.05, 0) is 44.4 Å². The lowest BCUT2D eigenvalue weighted by atomic mass is 10.1. The number of nitrogens with one attached hydrogen (secondary N) is 1. The molecule has 0 aliphatic carbocycles. The molecule has 1 N–H and O–H groups in total. The minimum Gasteiger partial charge on any atom is -0.462 e. The summed E-state index contributed by atoms with van der Waals surface area (Å²) in [5, 5.41) is 3.44. The van der Waals surface area contributed by atoms with E-state index in [-0.39, 0.29) is 11.9 Å². The van der Waals surface area contributed by atoms with Crippen LogP contribution in [0.3, 0.4) is 0 Å². The summed E-state index contributed by atoms with van der Waals surface area (Å²) in [6.45, 7) is 8.26. The Morgan fingerprint density at radius 3 is 2.38 bits per heavy atom. The number of rotatable bonds is 6. The van der Waals surface area contributed by atoms with E-state index in [0.29, 0.717) is 22.7 Å². The third-order valence-corrected chi connectivity index (χ3v) is 4.81. The summed E-state index contributed by atoms with van der Waals surface area (Å²) in [6, 6.07) is 7.34. The molecule has 0 atom stereocenters. The minimum absolute atomic E-state index is 0.219. The molecule has 0 saturated carbocycles. The number of amides is 1. The molecule has 2 aromatic rings. The van der Waals surface area contributed by atoms with Crippen LogP contribution in [0.5, 0.6) is 0 Å². The molecule has 0 aliphatic rings. The first kappa shape index (κ1) is 18.2. The maximum atomic E-state index is 12.5. The Hall–Kier alpha value is -2.14. The standard InChI is InChI=1S/C19H23NO3S/c1-5-11-23-19(22)16-15(6-2)13(4)24-18(16)20-17(21)14-9-7-12(3)8-10-14/h7-10H,5-6,11H2,1-4H3,(H,20,21). The second kappa shape index (κ2) is 8.11. The summed E-state index contributed by atoms with van der Waals surface area (Å²) >= 11 is 1.42. The average molecular weight is 345 g/mol. The second-order valence-electron chi connectivity index (χ2n) is 5.65. The van der Waals surface area contributed by atoms with Crippen LogP contribution in [0, 0.1) is 13.8 Å². The number of thiophene rings is 1. The van der Waals surface area contributed by atoms with Crippen molar-refractivity contribution in [1.82, 2.24) is 0 Å². The monoisotopic (exact) mass is 345 g/mol. The molecule has 0 radical (unpaired) electrons. The van der Waals surface area contributed by atoms with E-state index in [1.807, 2.05) is 39.8 Å². The van der Waals surface area contributed by atoms with Crippen molar-refractivity contribution in [2.75, 3.05) is 11.9 Å². The molecular weight excluding hydrogens is 322 g/mol. The number of aryl methyl sites for hydroxylation is 2. The number of carbonyl (C=O) groups excluding carboxylic acids is 2. The van der Waals surface area contributed by atoms with Gasteiger partial charge in [0.1, 0.15) is 5.00 Å². The molecule has 2 rings (SSSR count). The Labute approximate surface area is 146 Å². The van der Waals surface area contributed by atoms with Crippen molar-refractivity contribution in [3.63, 3.8) is 0 Å². The van der Waals surface area contributed by atoms with Crippen LogP contribution in [-0.2, 0) is 11.2 Å². The van der Waals surface area contributed by atoms with Gasteiger partial charge in [-0.15, -0.1) is 11.3 Å². The van der Waals surface area contributed by atoms with Crippen LogP contribution in [0.1, 0.15) is 57.0 Å². The van der Waals surface area contributed by atoms with E-state index in [4.69, 9.17) is 4.74 Å². The first-order valence-corrected chi connectivity index (χ1v) is 8.96. The number of carbonyl (C=O) groups is 2. The highest BCUT2D eigenvalue weighted by Crippen LogP contribution is 2.34. The quantitative estimate of drug-likeness (QED) is 0.769. The average Bonchev–Trinajstić information content (AvgIpc) is 2.88. The Morgan fingerprint density at radius 2 is 1.79 bits per heavy atom. The molecule has 5 heteroatoms. The second-order valence-corrected chi connectivity index (χ2v) is 6.88. The van der Waals surface area contributed by atoms with Gasteiger partial charge in [-0.1, -0.05) is 31.5 Å². The van der Waals surface area contributed by atoms with Gasteiger partial charge in [-0.3, -0.25) is 4.79 Å². The molecule has 0 fully saturated rings. The van der Waals surface area contributed by atoms with Crippen LogP contribution in [0.15, 0.2) is 24.3 Å². The normalized spacial score (nSPS) is 10.5. The molecule has 1 aromatic carbocycles. The van der Waals surface area contributed by atoms with E-state index in [2.05, 4.69) is 5.32 Å². The van der Waals surface area contributed by atoms with E-state index >= 15 is 0 Å². The zero-order valence-electron chi connectivity index (χ0n) is 14.6. The number of ether oxygens (including phenoxy) is 1. The number of hydrogen-bond acceptors (Lipinski definition) is 4. The van der Waals surface area contributed by atoms with Gasteiger partial charge in [0.15, 0.2) is 0 Å². The SMILES string of the molecule is CCCOC(=O)c1c(NC(=O)c2ccc(C)cc2)sc(C)c1CC. The summed E-state index contributed by atoms with van der Waals surface area (Å²) in [6.07, 6.45) is 1.49. The Morgan fingerprint density at radius 1 is 1.12 bits per heavy atom. The first-order valence-electron chi connectivity index (χ1n) is 8.15. The number of anilines is 1. The first-order chi connectivity index (χ1) is 11.5. The van der Waals surface area contributed by atoms with Crippen LogP contribution >= 0.6 is 11.3 Å².